The summed E-state index contributed by atoms with van der Waals surface area (Å²) in [4.78, 5) is 34.0. The number of halogens is 3. The van der Waals surface area contributed by atoms with Crippen molar-refractivity contribution >= 4 is 23.0 Å². The van der Waals surface area contributed by atoms with Crippen molar-refractivity contribution in [3.05, 3.63) is 71.9 Å². The molecule has 0 bridgehead atoms. The Bertz CT molecular complexity index is 782. The topological polar surface area (TPSA) is 132 Å². The summed E-state index contributed by atoms with van der Waals surface area (Å²) >= 11 is 5.27. The third-order valence-corrected chi connectivity index (χ3v) is 2.32. The van der Waals surface area contributed by atoms with Crippen LogP contribution in [0.2, 0.25) is 5.15 Å². The molecule has 1 N–H and O–H groups in total. The molecule has 9 nitrogen and oxygen atoms in total. The van der Waals surface area contributed by atoms with Gasteiger partial charge < -0.3 is 4.98 Å². The minimum atomic E-state index is -0.943. The molecule has 0 fully saturated rings. The summed E-state index contributed by atoms with van der Waals surface area (Å²) in [6, 6.07) is 1.29. The van der Waals surface area contributed by atoms with Gasteiger partial charge in [0.2, 0.25) is 5.15 Å². The smallest absolute Gasteiger partial charge is 0.320 e. The average molecular weight is 335 g/mol. The van der Waals surface area contributed by atoms with Crippen molar-refractivity contribution in [2.24, 2.45) is 0 Å². The van der Waals surface area contributed by atoms with E-state index in [9.17, 15) is 33.8 Å². The lowest BCUT2D eigenvalue weighted by Gasteiger charge is -1.92. The third kappa shape index (κ3) is 4.56. The molecular weight excluding hydrogens is 330 g/mol. The van der Waals surface area contributed by atoms with E-state index in [2.05, 4.69) is 4.98 Å². The van der Waals surface area contributed by atoms with Crippen LogP contribution in [0.3, 0.4) is 0 Å². The average Bonchev–Trinajstić information content (AvgIpc) is 2.44. The molecule has 12 heteroatoms. The van der Waals surface area contributed by atoms with E-state index in [4.69, 9.17) is 11.6 Å². The lowest BCUT2D eigenvalue weighted by atomic mass is 10.4. The van der Waals surface area contributed by atoms with Crippen LogP contribution in [-0.4, -0.2) is 19.8 Å². The van der Waals surface area contributed by atoms with Crippen molar-refractivity contribution in [3.63, 3.8) is 0 Å². The molecule has 0 unspecified atom stereocenters. The summed E-state index contributed by atoms with van der Waals surface area (Å²) in [5, 5.41) is 19.8. The van der Waals surface area contributed by atoms with Gasteiger partial charge in [-0.05, 0) is 0 Å². The standard InChI is InChI=1S/C5H2ClFN2O2.C5H3FN2O3/c6-5-4(9(10)11)1-3(7)2-8-5;6-3-1-4(8(10)11)5(9)7-2-3/h1-2H;1-2H,(H,7,9). The summed E-state index contributed by atoms with van der Waals surface area (Å²) in [6.07, 6.45) is 1.57. The van der Waals surface area contributed by atoms with Gasteiger partial charge >= 0.3 is 16.9 Å². The number of H-pyrrole nitrogens is 1. The number of nitrogens with one attached hydrogen (secondary N) is 1. The summed E-state index contributed by atoms with van der Waals surface area (Å²) in [6.45, 7) is 0. The molecule has 0 aliphatic carbocycles. The van der Waals surface area contributed by atoms with Crippen molar-refractivity contribution < 1.29 is 18.6 Å². The highest BCUT2D eigenvalue weighted by Gasteiger charge is 2.13. The number of nitrogens with zero attached hydrogens (tertiary/aromatic N) is 3. The highest BCUT2D eigenvalue weighted by atomic mass is 35.5. The first kappa shape index (κ1) is 17.1. The SMILES string of the molecule is O=[N+]([O-])c1cc(F)cnc1Cl.O=c1[nH]cc(F)cc1[N+](=O)[O-]. The predicted molar refractivity (Wildman–Crippen MR) is 69.5 cm³/mol. The van der Waals surface area contributed by atoms with Crippen molar-refractivity contribution in [1.29, 1.82) is 0 Å². The van der Waals surface area contributed by atoms with Crippen LogP contribution in [0.5, 0.6) is 0 Å². The molecule has 2 heterocycles. The number of aromatic nitrogens is 2. The van der Waals surface area contributed by atoms with E-state index in [1.165, 1.54) is 0 Å². The van der Waals surface area contributed by atoms with E-state index in [0.717, 1.165) is 18.5 Å². The summed E-state index contributed by atoms with van der Waals surface area (Å²) in [7, 11) is 0. The van der Waals surface area contributed by atoms with Crippen LogP contribution >= 0.6 is 11.6 Å². The molecule has 0 saturated heterocycles. The fourth-order valence-electron chi connectivity index (χ4n) is 1.12. The van der Waals surface area contributed by atoms with Crippen molar-refractivity contribution in [3.8, 4) is 0 Å². The number of nitro groups is 2. The fourth-order valence-corrected chi connectivity index (χ4v) is 1.29. The molecule has 0 saturated carbocycles. The van der Waals surface area contributed by atoms with Crippen LogP contribution in [0.1, 0.15) is 0 Å². The van der Waals surface area contributed by atoms with Gasteiger partial charge in [-0.1, -0.05) is 11.6 Å². The summed E-state index contributed by atoms with van der Waals surface area (Å²) in [5.41, 5.74) is -2.21. The monoisotopic (exact) mass is 334 g/mol. The minimum absolute atomic E-state index is 0.309. The van der Waals surface area contributed by atoms with Gasteiger partial charge in [0, 0.05) is 6.20 Å². The summed E-state index contributed by atoms with van der Waals surface area (Å²) < 4.78 is 24.5. The highest BCUT2D eigenvalue weighted by Crippen LogP contribution is 2.21. The molecule has 0 aromatic carbocycles. The van der Waals surface area contributed by atoms with E-state index in [-0.39, 0.29) is 5.15 Å². The Labute approximate surface area is 124 Å². The zero-order chi connectivity index (χ0) is 16.9. The van der Waals surface area contributed by atoms with Crippen molar-refractivity contribution in [2.75, 3.05) is 0 Å². The number of hydrogen-bond acceptors (Lipinski definition) is 6. The lowest BCUT2D eigenvalue weighted by molar-refractivity contribution is -0.386. The minimum Gasteiger partial charge on any atom is -0.320 e. The maximum absolute atomic E-state index is 12.3. The lowest BCUT2D eigenvalue weighted by Crippen LogP contribution is -2.10. The van der Waals surface area contributed by atoms with E-state index in [1.54, 1.807) is 0 Å². The predicted octanol–water partition coefficient (Wildman–Crippen LogP) is 2.20. The van der Waals surface area contributed by atoms with E-state index < -0.39 is 38.4 Å². The molecule has 0 atom stereocenters. The molecule has 0 radical (unpaired) electrons. The van der Waals surface area contributed by atoms with Gasteiger partial charge in [-0.15, -0.1) is 0 Å². The Morgan fingerprint density at radius 2 is 1.64 bits per heavy atom. The Morgan fingerprint density at radius 1 is 1.09 bits per heavy atom. The van der Waals surface area contributed by atoms with Gasteiger partial charge in [0.25, 0.3) is 0 Å². The van der Waals surface area contributed by atoms with E-state index in [1.807, 2.05) is 4.98 Å². The number of hydrogen-bond donors (Lipinski definition) is 1. The van der Waals surface area contributed by atoms with Gasteiger partial charge in [0.05, 0.1) is 28.2 Å². The zero-order valence-electron chi connectivity index (χ0n) is 10.3. The first-order valence-electron chi connectivity index (χ1n) is 5.20. The maximum atomic E-state index is 12.3. The molecule has 0 amide bonds. The number of rotatable bonds is 2. The van der Waals surface area contributed by atoms with Gasteiger partial charge in [-0.2, -0.15) is 0 Å². The molecule has 2 rings (SSSR count). The van der Waals surface area contributed by atoms with Crippen molar-refractivity contribution in [1.82, 2.24) is 9.97 Å². The molecular formula is C10H5ClF2N4O5. The molecule has 0 aliphatic rings. The van der Waals surface area contributed by atoms with Crippen LogP contribution in [-0.2, 0) is 0 Å². The first-order valence-corrected chi connectivity index (χ1v) is 5.58. The molecule has 2 aromatic rings. The normalized spacial score (nSPS) is 9.59. The zero-order valence-corrected chi connectivity index (χ0v) is 11.1. The fraction of sp³-hybridized carbons (Fsp3) is 0. The van der Waals surface area contributed by atoms with Crippen LogP contribution in [0.4, 0.5) is 20.2 Å². The molecule has 22 heavy (non-hydrogen) atoms. The van der Waals surface area contributed by atoms with Crippen LogP contribution < -0.4 is 5.56 Å². The third-order valence-electron chi connectivity index (χ3n) is 2.03. The molecule has 2 aromatic heterocycles. The van der Waals surface area contributed by atoms with Crippen LogP contribution in [0, 0.1) is 31.9 Å². The van der Waals surface area contributed by atoms with Crippen molar-refractivity contribution in [2.45, 2.75) is 0 Å². The van der Waals surface area contributed by atoms with E-state index in [0.29, 0.717) is 6.07 Å². The quantitative estimate of drug-likeness (QED) is 0.508. The first-order chi connectivity index (χ1) is 10.2. The Balaban J connectivity index is 0.000000220. The largest absolute Gasteiger partial charge is 0.336 e. The second-order valence-corrected chi connectivity index (χ2v) is 3.87. The molecule has 0 spiro atoms. The van der Waals surface area contributed by atoms with Crippen LogP contribution in [0.25, 0.3) is 0 Å². The van der Waals surface area contributed by atoms with Gasteiger partial charge in [-0.25, -0.2) is 13.8 Å². The Morgan fingerprint density at radius 3 is 2.09 bits per heavy atom. The second kappa shape index (κ2) is 7.17. The summed E-state index contributed by atoms with van der Waals surface area (Å²) in [5.74, 6) is -1.61. The Kier molecular flexibility index (Phi) is 5.57. The van der Waals surface area contributed by atoms with Gasteiger partial charge in [0.1, 0.15) is 11.6 Å². The maximum Gasteiger partial charge on any atom is 0.336 e. The number of pyridine rings is 2. The van der Waals surface area contributed by atoms with E-state index >= 15 is 0 Å². The van der Waals surface area contributed by atoms with Gasteiger partial charge in [-0.3, -0.25) is 25.0 Å². The molecule has 116 valence electrons. The van der Waals surface area contributed by atoms with Crippen LogP contribution in [0.15, 0.2) is 29.3 Å². The van der Waals surface area contributed by atoms with Gasteiger partial charge in [0.15, 0.2) is 0 Å². The Hall–Kier alpha value is -2.95. The molecule has 0 aliphatic heterocycles. The second-order valence-electron chi connectivity index (χ2n) is 3.51. The highest BCUT2D eigenvalue weighted by molar-refractivity contribution is 6.31. The number of aromatic amines is 1.